The summed E-state index contributed by atoms with van der Waals surface area (Å²) in [5.41, 5.74) is 6.62. The van der Waals surface area contributed by atoms with Crippen LogP contribution in [0.4, 0.5) is 0 Å². The molecule has 2 atom stereocenters. The van der Waals surface area contributed by atoms with Crippen molar-refractivity contribution in [2.75, 3.05) is 7.11 Å². The highest BCUT2D eigenvalue weighted by atomic mass is 16.5. The normalized spacial score (nSPS) is 13.9. The molecule has 4 heteroatoms. The maximum atomic E-state index is 11.7. The van der Waals surface area contributed by atoms with Gasteiger partial charge in [0.2, 0.25) is 5.91 Å². The summed E-state index contributed by atoms with van der Waals surface area (Å²) in [6.07, 6.45) is 0.629. The molecule has 1 aromatic carbocycles. The Morgan fingerprint density at radius 1 is 1.47 bits per heavy atom. The van der Waals surface area contributed by atoms with E-state index in [1.807, 2.05) is 38.1 Å². The molecule has 4 nitrogen and oxygen atoms in total. The quantitative estimate of drug-likeness (QED) is 0.816. The minimum atomic E-state index is -0.452. The zero-order valence-electron chi connectivity index (χ0n) is 10.6. The van der Waals surface area contributed by atoms with Crippen molar-refractivity contribution in [1.29, 1.82) is 0 Å². The van der Waals surface area contributed by atoms with Gasteiger partial charge in [0.05, 0.1) is 19.2 Å². The fraction of sp³-hybridized carbons (Fsp3) is 0.462. The Hall–Kier alpha value is -1.55. The Kier molecular flexibility index (Phi) is 4.97. The van der Waals surface area contributed by atoms with Gasteiger partial charge in [-0.15, -0.1) is 0 Å². The van der Waals surface area contributed by atoms with Crippen LogP contribution in [0.2, 0.25) is 0 Å². The van der Waals surface area contributed by atoms with Crippen LogP contribution in [0.15, 0.2) is 24.3 Å². The minimum Gasteiger partial charge on any atom is -0.496 e. The van der Waals surface area contributed by atoms with Crippen molar-refractivity contribution in [2.24, 2.45) is 5.73 Å². The van der Waals surface area contributed by atoms with Crippen LogP contribution in [0.3, 0.4) is 0 Å². The first kappa shape index (κ1) is 13.5. The molecule has 0 aliphatic rings. The second kappa shape index (κ2) is 6.25. The first-order valence-corrected chi connectivity index (χ1v) is 5.79. The number of para-hydroxylation sites is 1. The summed E-state index contributed by atoms with van der Waals surface area (Å²) in [6, 6.07) is 7.05. The highest BCUT2D eigenvalue weighted by Crippen LogP contribution is 2.24. The minimum absolute atomic E-state index is 0.115. The van der Waals surface area contributed by atoms with Crippen LogP contribution < -0.4 is 15.8 Å². The third-order valence-corrected chi connectivity index (χ3v) is 2.74. The Balaban J connectivity index is 2.76. The number of hydrogen-bond acceptors (Lipinski definition) is 3. The van der Waals surface area contributed by atoms with Crippen molar-refractivity contribution >= 4 is 5.91 Å². The number of ether oxygens (including phenoxy) is 1. The third kappa shape index (κ3) is 3.46. The first-order chi connectivity index (χ1) is 8.10. The highest BCUT2D eigenvalue weighted by molar-refractivity contribution is 5.81. The average molecular weight is 236 g/mol. The van der Waals surface area contributed by atoms with E-state index in [-0.39, 0.29) is 11.9 Å². The van der Waals surface area contributed by atoms with E-state index in [9.17, 15) is 4.79 Å². The molecule has 0 unspecified atom stereocenters. The Bertz CT molecular complexity index is 379. The lowest BCUT2D eigenvalue weighted by Crippen LogP contribution is -2.41. The number of benzene rings is 1. The van der Waals surface area contributed by atoms with Gasteiger partial charge in [-0.25, -0.2) is 0 Å². The molecule has 0 aromatic heterocycles. The van der Waals surface area contributed by atoms with Gasteiger partial charge in [0, 0.05) is 5.56 Å². The van der Waals surface area contributed by atoms with E-state index in [2.05, 4.69) is 5.32 Å². The molecule has 0 saturated carbocycles. The molecule has 0 bridgehead atoms. The fourth-order valence-corrected chi connectivity index (χ4v) is 1.61. The molecular formula is C13H20N2O2. The second-order valence-electron chi connectivity index (χ2n) is 3.99. The number of carbonyl (C=O) groups excluding carboxylic acids is 1. The number of hydrogen-bond donors (Lipinski definition) is 2. The lowest BCUT2D eigenvalue weighted by Gasteiger charge is -2.19. The van der Waals surface area contributed by atoms with E-state index in [4.69, 9.17) is 10.5 Å². The molecule has 1 amide bonds. The fourth-order valence-electron chi connectivity index (χ4n) is 1.61. The van der Waals surface area contributed by atoms with Gasteiger partial charge in [0.15, 0.2) is 0 Å². The van der Waals surface area contributed by atoms with Gasteiger partial charge < -0.3 is 15.8 Å². The molecule has 0 fully saturated rings. The molecule has 0 spiro atoms. The van der Waals surface area contributed by atoms with Crippen LogP contribution in [0.1, 0.15) is 31.9 Å². The van der Waals surface area contributed by atoms with Gasteiger partial charge in [-0.2, -0.15) is 0 Å². The molecule has 1 aromatic rings. The molecule has 0 aliphatic heterocycles. The summed E-state index contributed by atoms with van der Waals surface area (Å²) < 4.78 is 5.25. The second-order valence-corrected chi connectivity index (χ2v) is 3.99. The molecule has 1 rings (SSSR count). The van der Waals surface area contributed by atoms with Crippen molar-refractivity contribution < 1.29 is 9.53 Å². The van der Waals surface area contributed by atoms with E-state index >= 15 is 0 Å². The number of carbonyl (C=O) groups is 1. The van der Waals surface area contributed by atoms with Crippen molar-refractivity contribution in [1.82, 2.24) is 5.32 Å². The molecule has 17 heavy (non-hydrogen) atoms. The number of rotatable bonds is 5. The van der Waals surface area contributed by atoms with Crippen molar-refractivity contribution in [2.45, 2.75) is 32.4 Å². The monoisotopic (exact) mass is 236 g/mol. The van der Waals surface area contributed by atoms with E-state index in [1.54, 1.807) is 7.11 Å². The maximum absolute atomic E-state index is 11.7. The van der Waals surface area contributed by atoms with E-state index in [0.717, 1.165) is 11.3 Å². The van der Waals surface area contributed by atoms with Crippen LogP contribution in [0, 0.1) is 0 Å². The molecule has 0 aliphatic carbocycles. The number of methoxy groups -OCH3 is 1. The predicted molar refractivity (Wildman–Crippen MR) is 67.8 cm³/mol. The molecule has 94 valence electrons. The average Bonchev–Trinajstić information content (AvgIpc) is 2.37. The molecular weight excluding hydrogens is 216 g/mol. The smallest absolute Gasteiger partial charge is 0.237 e. The van der Waals surface area contributed by atoms with Crippen molar-refractivity contribution in [3.63, 3.8) is 0 Å². The molecule has 0 radical (unpaired) electrons. The number of nitrogens with one attached hydrogen (secondary N) is 1. The van der Waals surface area contributed by atoms with Gasteiger partial charge in [-0.1, -0.05) is 25.1 Å². The lowest BCUT2D eigenvalue weighted by molar-refractivity contribution is -0.123. The largest absolute Gasteiger partial charge is 0.496 e. The van der Waals surface area contributed by atoms with Crippen LogP contribution in [0.25, 0.3) is 0 Å². The van der Waals surface area contributed by atoms with E-state index in [0.29, 0.717) is 6.42 Å². The van der Waals surface area contributed by atoms with Gasteiger partial charge >= 0.3 is 0 Å². The molecule has 0 saturated heterocycles. The summed E-state index contributed by atoms with van der Waals surface area (Å²) >= 11 is 0. The predicted octanol–water partition coefficient (Wildman–Crippen LogP) is 1.61. The summed E-state index contributed by atoms with van der Waals surface area (Å²) in [6.45, 7) is 3.80. The SMILES string of the molecule is CC[C@H](N)C(=O)N[C@@H](C)c1ccccc1OC. The zero-order valence-corrected chi connectivity index (χ0v) is 10.6. The molecule has 3 N–H and O–H groups in total. The van der Waals surface area contributed by atoms with E-state index < -0.39 is 6.04 Å². The highest BCUT2D eigenvalue weighted by Gasteiger charge is 2.16. The van der Waals surface area contributed by atoms with Gasteiger partial charge in [0.1, 0.15) is 5.75 Å². The Morgan fingerprint density at radius 2 is 2.12 bits per heavy atom. The van der Waals surface area contributed by atoms with E-state index in [1.165, 1.54) is 0 Å². The Morgan fingerprint density at radius 3 is 2.71 bits per heavy atom. The summed E-state index contributed by atoms with van der Waals surface area (Å²) in [4.78, 5) is 11.7. The zero-order chi connectivity index (χ0) is 12.8. The van der Waals surface area contributed by atoms with Gasteiger partial charge in [-0.05, 0) is 19.4 Å². The first-order valence-electron chi connectivity index (χ1n) is 5.79. The number of nitrogens with two attached hydrogens (primary N) is 1. The topological polar surface area (TPSA) is 64.4 Å². The van der Waals surface area contributed by atoms with Crippen LogP contribution in [-0.4, -0.2) is 19.1 Å². The summed E-state index contributed by atoms with van der Waals surface area (Å²) in [7, 11) is 1.62. The van der Waals surface area contributed by atoms with Crippen molar-refractivity contribution in [3.05, 3.63) is 29.8 Å². The standard InChI is InChI=1S/C13H20N2O2/c1-4-11(14)13(16)15-9(2)10-7-5-6-8-12(10)17-3/h5-9,11H,4,14H2,1-3H3,(H,15,16)/t9-,11-/m0/s1. The van der Waals surface area contributed by atoms with Crippen LogP contribution in [0.5, 0.6) is 5.75 Å². The molecule has 0 heterocycles. The maximum Gasteiger partial charge on any atom is 0.237 e. The Labute approximate surface area is 102 Å². The lowest BCUT2D eigenvalue weighted by atomic mass is 10.1. The van der Waals surface area contributed by atoms with Crippen molar-refractivity contribution in [3.8, 4) is 5.75 Å². The summed E-state index contributed by atoms with van der Waals surface area (Å²) in [5.74, 6) is 0.635. The van der Waals surface area contributed by atoms with Crippen LogP contribution in [-0.2, 0) is 4.79 Å². The van der Waals surface area contributed by atoms with Gasteiger partial charge in [0.25, 0.3) is 0 Å². The van der Waals surface area contributed by atoms with Gasteiger partial charge in [-0.3, -0.25) is 4.79 Å². The van der Waals surface area contributed by atoms with Crippen LogP contribution >= 0.6 is 0 Å². The summed E-state index contributed by atoms with van der Waals surface area (Å²) in [5, 5.41) is 2.88. The third-order valence-electron chi connectivity index (χ3n) is 2.74. The number of amides is 1.